The van der Waals surface area contributed by atoms with Crippen LogP contribution < -0.4 is 20.0 Å². The minimum absolute atomic E-state index is 0.0592. The van der Waals surface area contributed by atoms with Gasteiger partial charge in [-0.05, 0) is 63.4 Å². The average Bonchev–Trinajstić information content (AvgIpc) is 3.67. The summed E-state index contributed by atoms with van der Waals surface area (Å²) in [6.07, 6.45) is 7.14. The lowest BCUT2D eigenvalue weighted by molar-refractivity contribution is -0.137. The van der Waals surface area contributed by atoms with E-state index in [2.05, 4.69) is 15.3 Å². The van der Waals surface area contributed by atoms with E-state index in [1.54, 1.807) is 55.3 Å². The first-order valence-electron chi connectivity index (χ1n) is 15.8. The molecule has 2 aromatic heterocycles. The van der Waals surface area contributed by atoms with E-state index in [-0.39, 0.29) is 36.5 Å². The first-order valence-corrected chi connectivity index (χ1v) is 15.8. The Kier molecular flexibility index (Phi) is 9.59. The molecule has 2 aliphatic rings. The fourth-order valence-electron chi connectivity index (χ4n) is 6.35. The van der Waals surface area contributed by atoms with Gasteiger partial charge in [0.15, 0.2) is 11.6 Å². The van der Waals surface area contributed by atoms with E-state index < -0.39 is 23.5 Å². The standard InChI is InChI=1S/C33H41N7O6/c1-5-38(6-2)31-34-21-25(39(7-3)28(41)26-12-11-19-46-26)27(36-31)35-24(29(42)43)20-22-13-15-23(16-14-22)40-30(44)33(37(4)32(40)45)17-9-8-10-18-33/h11-16,19,21,24H,5-10,17-18,20H2,1-4H3,(H,42,43)(H,34,35,36)/t24-/m0/s1. The topological polar surface area (TPSA) is 152 Å². The normalized spacial score (nSPS) is 16.5. The molecule has 244 valence electrons. The Hall–Kier alpha value is -4.94. The summed E-state index contributed by atoms with van der Waals surface area (Å²) in [5.41, 5.74) is 0.635. The van der Waals surface area contributed by atoms with Crippen molar-refractivity contribution in [3.8, 4) is 0 Å². The van der Waals surface area contributed by atoms with Crippen LogP contribution in [0.3, 0.4) is 0 Å². The maximum atomic E-state index is 13.5. The summed E-state index contributed by atoms with van der Waals surface area (Å²) >= 11 is 0. The van der Waals surface area contributed by atoms with Gasteiger partial charge in [-0.25, -0.2) is 19.5 Å². The van der Waals surface area contributed by atoms with Gasteiger partial charge in [0.25, 0.3) is 11.8 Å². The third kappa shape index (κ3) is 6.01. The minimum atomic E-state index is -1.13. The molecule has 46 heavy (non-hydrogen) atoms. The summed E-state index contributed by atoms with van der Waals surface area (Å²) in [6.45, 7) is 7.24. The Labute approximate surface area is 268 Å². The van der Waals surface area contributed by atoms with Gasteiger partial charge in [0.05, 0.1) is 18.1 Å². The second-order valence-electron chi connectivity index (χ2n) is 11.6. The third-order valence-electron chi connectivity index (χ3n) is 9.03. The molecule has 13 heteroatoms. The van der Waals surface area contributed by atoms with Crippen LogP contribution >= 0.6 is 0 Å². The molecule has 2 N–H and O–H groups in total. The first-order chi connectivity index (χ1) is 22.1. The number of nitrogens with one attached hydrogen (secondary N) is 1. The number of rotatable bonds is 12. The van der Waals surface area contributed by atoms with E-state index in [1.165, 1.54) is 22.3 Å². The number of aliphatic carboxylic acids is 1. The fourth-order valence-corrected chi connectivity index (χ4v) is 6.35. The highest BCUT2D eigenvalue weighted by atomic mass is 16.4. The smallest absolute Gasteiger partial charge is 0.332 e. The second-order valence-corrected chi connectivity index (χ2v) is 11.6. The van der Waals surface area contributed by atoms with Crippen LogP contribution in [0.5, 0.6) is 0 Å². The van der Waals surface area contributed by atoms with Crippen molar-refractivity contribution in [3.63, 3.8) is 0 Å². The van der Waals surface area contributed by atoms with Crippen molar-refractivity contribution in [2.75, 3.05) is 46.7 Å². The number of carbonyl (C=O) groups is 4. The van der Waals surface area contributed by atoms with Crippen LogP contribution in [0, 0.1) is 0 Å². The van der Waals surface area contributed by atoms with E-state index in [9.17, 15) is 24.3 Å². The summed E-state index contributed by atoms with van der Waals surface area (Å²) in [4.78, 5) is 67.9. The van der Waals surface area contributed by atoms with E-state index in [1.807, 2.05) is 18.7 Å². The van der Waals surface area contributed by atoms with E-state index in [0.29, 0.717) is 48.8 Å². The third-order valence-corrected chi connectivity index (χ3v) is 9.03. The molecular formula is C33H41N7O6. The largest absolute Gasteiger partial charge is 0.480 e. The Morgan fingerprint density at radius 2 is 1.74 bits per heavy atom. The highest BCUT2D eigenvalue weighted by Gasteiger charge is 2.56. The molecular weight excluding hydrogens is 590 g/mol. The van der Waals surface area contributed by atoms with Gasteiger partial charge >= 0.3 is 12.0 Å². The number of aromatic nitrogens is 2. The minimum Gasteiger partial charge on any atom is -0.480 e. The molecule has 13 nitrogen and oxygen atoms in total. The van der Waals surface area contributed by atoms with Gasteiger partial charge in [0, 0.05) is 33.1 Å². The summed E-state index contributed by atoms with van der Waals surface area (Å²) in [6, 6.07) is 8.49. The Balaban J connectivity index is 1.41. The Morgan fingerprint density at radius 1 is 1.04 bits per heavy atom. The van der Waals surface area contributed by atoms with E-state index in [0.717, 1.165) is 19.3 Å². The second kappa shape index (κ2) is 13.6. The van der Waals surface area contributed by atoms with Crippen molar-refractivity contribution in [1.29, 1.82) is 0 Å². The van der Waals surface area contributed by atoms with E-state index in [4.69, 9.17) is 4.42 Å². The van der Waals surface area contributed by atoms with Crippen LogP contribution in [0.1, 0.15) is 69.0 Å². The average molecular weight is 632 g/mol. The maximum Gasteiger partial charge on any atom is 0.332 e. The monoisotopic (exact) mass is 631 g/mol. The van der Waals surface area contributed by atoms with Gasteiger partial charge < -0.3 is 29.5 Å². The molecule has 2 fully saturated rings. The number of imide groups is 1. The van der Waals surface area contributed by atoms with Crippen molar-refractivity contribution < 1.29 is 28.7 Å². The number of nitrogens with zero attached hydrogens (tertiary/aromatic N) is 6. The van der Waals surface area contributed by atoms with Crippen LogP contribution in [0.4, 0.5) is 27.9 Å². The zero-order valence-corrected chi connectivity index (χ0v) is 26.7. The SMILES string of the molecule is CCN(CC)c1ncc(N(CC)C(=O)c2ccco2)c(N[C@@H](Cc2ccc(N3C(=O)N(C)C4(CCCCC4)C3=O)cc2)C(=O)O)n1. The number of hydrogen-bond donors (Lipinski definition) is 2. The molecule has 1 atom stereocenters. The molecule has 0 radical (unpaired) electrons. The number of furan rings is 1. The quantitative estimate of drug-likeness (QED) is 0.267. The van der Waals surface area contributed by atoms with Crippen molar-refractivity contribution in [3.05, 3.63) is 60.2 Å². The van der Waals surface area contributed by atoms with Crippen molar-refractivity contribution in [2.45, 2.75) is 70.9 Å². The molecule has 5 rings (SSSR count). The lowest BCUT2D eigenvalue weighted by Crippen LogP contribution is -2.49. The lowest BCUT2D eigenvalue weighted by Gasteiger charge is -2.35. The van der Waals surface area contributed by atoms with Crippen LogP contribution in [-0.4, -0.2) is 82.1 Å². The molecule has 1 saturated carbocycles. The van der Waals surface area contributed by atoms with Crippen LogP contribution in [-0.2, 0) is 16.0 Å². The van der Waals surface area contributed by atoms with Crippen LogP contribution in [0.25, 0.3) is 0 Å². The molecule has 0 unspecified atom stereocenters. The predicted octanol–water partition coefficient (Wildman–Crippen LogP) is 4.79. The maximum absolute atomic E-state index is 13.5. The first kappa shape index (κ1) is 32.5. The highest BCUT2D eigenvalue weighted by molar-refractivity contribution is 6.23. The number of carboxylic acids is 1. The van der Waals surface area contributed by atoms with Gasteiger partial charge in [-0.2, -0.15) is 4.98 Å². The number of anilines is 4. The van der Waals surface area contributed by atoms with Crippen molar-refractivity contribution >= 4 is 47.0 Å². The van der Waals surface area contributed by atoms with Gasteiger partial charge in [0.1, 0.15) is 17.3 Å². The Morgan fingerprint density at radius 3 is 2.33 bits per heavy atom. The van der Waals surface area contributed by atoms with Crippen molar-refractivity contribution in [1.82, 2.24) is 14.9 Å². The molecule has 1 aromatic carbocycles. The van der Waals surface area contributed by atoms with E-state index >= 15 is 0 Å². The van der Waals surface area contributed by atoms with Gasteiger partial charge in [-0.3, -0.25) is 9.59 Å². The molecule has 1 aliphatic carbocycles. The molecule has 1 aliphatic heterocycles. The summed E-state index contributed by atoms with van der Waals surface area (Å²) in [5.74, 6) is -1.02. The number of benzene rings is 1. The fraction of sp³-hybridized carbons (Fsp3) is 0.455. The van der Waals surface area contributed by atoms with Gasteiger partial charge in [-0.1, -0.05) is 31.4 Å². The predicted molar refractivity (Wildman–Crippen MR) is 173 cm³/mol. The summed E-state index contributed by atoms with van der Waals surface area (Å²) in [5, 5.41) is 13.3. The summed E-state index contributed by atoms with van der Waals surface area (Å²) < 4.78 is 5.33. The molecule has 3 heterocycles. The van der Waals surface area contributed by atoms with Crippen LogP contribution in [0.2, 0.25) is 0 Å². The highest BCUT2D eigenvalue weighted by Crippen LogP contribution is 2.41. The zero-order chi connectivity index (χ0) is 33.0. The van der Waals surface area contributed by atoms with Gasteiger partial charge in [-0.15, -0.1) is 0 Å². The van der Waals surface area contributed by atoms with Gasteiger partial charge in [0.2, 0.25) is 5.95 Å². The molecule has 1 spiro atoms. The number of amides is 4. The molecule has 4 amide bonds. The lowest BCUT2D eigenvalue weighted by atomic mass is 9.80. The number of carbonyl (C=O) groups excluding carboxylic acids is 3. The summed E-state index contributed by atoms with van der Waals surface area (Å²) in [7, 11) is 1.69. The van der Waals surface area contributed by atoms with Crippen LogP contribution in [0.15, 0.2) is 53.3 Å². The Bertz CT molecular complexity index is 1570. The van der Waals surface area contributed by atoms with Crippen molar-refractivity contribution in [2.24, 2.45) is 0 Å². The molecule has 0 bridgehead atoms. The zero-order valence-electron chi connectivity index (χ0n) is 26.7. The molecule has 3 aromatic rings. The number of urea groups is 1. The molecule has 1 saturated heterocycles. The number of carboxylic acid groups (broad SMARTS) is 1. The number of likely N-dealkylation sites (N-methyl/N-ethyl adjacent to an activating group) is 1. The number of hydrogen-bond acceptors (Lipinski definition) is 9.